The molecule has 0 saturated heterocycles. The zero-order valence-corrected chi connectivity index (χ0v) is 10.8. The SMILES string of the molecule is CC(=O)Cn1nc2n(c1=O)C(=O)N(c1ccccc1)C2. The van der Waals surface area contributed by atoms with E-state index >= 15 is 0 Å². The Morgan fingerprint density at radius 3 is 2.55 bits per heavy atom. The number of Topliss-reactive ketones (excluding diaryl/α,β-unsaturated/α-hetero) is 1. The summed E-state index contributed by atoms with van der Waals surface area (Å²) in [7, 11) is 0. The minimum absolute atomic E-state index is 0.114. The molecule has 3 rings (SSSR count). The fraction of sp³-hybridized carbons (Fsp3) is 0.231. The number of nitrogens with zero attached hydrogens (tertiary/aromatic N) is 4. The van der Waals surface area contributed by atoms with Gasteiger partial charge in [-0.2, -0.15) is 9.67 Å². The molecular formula is C13H12N4O3. The number of amides is 1. The maximum Gasteiger partial charge on any atom is 0.354 e. The van der Waals surface area contributed by atoms with Crippen LogP contribution in [0.15, 0.2) is 35.1 Å². The number of carbonyl (C=O) groups excluding carboxylic acids is 2. The highest BCUT2D eigenvalue weighted by molar-refractivity contribution is 5.96. The topological polar surface area (TPSA) is 77.2 Å². The van der Waals surface area contributed by atoms with Crippen molar-refractivity contribution in [3.8, 4) is 0 Å². The van der Waals surface area contributed by atoms with Gasteiger partial charge in [0, 0.05) is 5.69 Å². The number of hydrogen-bond donors (Lipinski definition) is 0. The van der Waals surface area contributed by atoms with Crippen LogP contribution >= 0.6 is 0 Å². The van der Waals surface area contributed by atoms with Crippen LogP contribution in [0, 0.1) is 0 Å². The molecule has 0 fully saturated rings. The van der Waals surface area contributed by atoms with Crippen molar-refractivity contribution in [3.63, 3.8) is 0 Å². The van der Waals surface area contributed by atoms with Gasteiger partial charge in [-0.25, -0.2) is 14.3 Å². The smallest absolute Gasteiger partial charge is 0.298 e. The first-order chi connectivity index (χ1) is 9.58. The Morgan fingerprint density at radius 2 is 1.95 bits per heavy atom. The van der Waals surface area contributed by atoms with E-state index in [1.807, 2.05) is 18.2 Å². The molecule has 0 unspecified atom stereocenters. The van der Waals surface area contributed by atoms with E-state index in [0.29, 0.717) is 11.5 Å². The average Bonchev–Trinajstić information content (AvgIpc) is 2.89. The van der Waals surface area contributed by atoms with Crippen LogP contribution in [0.25, 0.3) is 0 Å². The number of rotatable bonds is 3. The standard InChI is InChI=1S/C13H12N4O3/c1-9(18)7-16-13(20)17-11(14-16)8-15(12(17)19)10-5-3-2-4-6-10/h2-6H,7-8H2,1H3. The summed E-state index contributed by atoms with van der Waals surface area (Å²) in [5.74, 6) is 0.168. The van der Waals surface area contributed by atoms with Crippen molar-refractivity contribution < 1.29 is 9.59 Å². The molecule has 2 aromatic rings. The number of carbonyl (C=O) groups is 2. The van der Waals surface area contributed by atoms with Gasteiger partial charge in [0.1, 0.15) is 6.54 Å². The summed E-state index contributed by atoms with van der Waals surface area (Å²) in [6.45, 7) is 1.48. The normalized spacial score (nSPS) is 13.7. The number of fused-ring (bicyclic) bond motifs is 1. The van der Waals surface area contributed by atoms with Gasteiger partial charge in [-0.05, 0) is 19.1 Å². The molecule has 7 heteroatoms. The highest BCUT2D eigenvalue weighted by Gasteiger charge is 2.33. The number of para-hydroxylation sites is 1. The van der Waals surface area contributed by atoms with Gasteiger partial charge >= 0.3 is 11.7 Å². The molecule has 1 aromatic carbocycles. The Kier molecular flexibility index (Phi) is 2.74. The first kappa shape index (κ1) is 12.3. The lowest BCUT2D eigenvalue weighted by Gasteiger charge is -2.14. The van der Waals surface area contributed by atoms with Crippen molar-refractivity contribution in [2.24, 2.45) is 0 Å². The molecule has 0 saturated carbocycles. The molecule has 102 valence electrons. The summed E-state index contributed by atoms with van der Waals surface area (Å²) in [4.78, 5) is 36.8. The molecule has 0 atom stereocenters. The second-order valence-corrected chi connectivity index (χ2v) is 4.60. The molecule has 0 radical (unpaired) electrons. The third-order valence-electron chi connectivity index (χ3n) is 3.07. The van der Waals surface area contributed by atoms with Gasteiger partial charge in [0.05, 0.1) is 6.54 Å². The van der Waals surface area contributed by atoms with E-state index in [0.717, 1.165) is 9.25 Å². The van der Waals surface area contributed by atoms with Gasteiger partial charge in [-0.3, -0.25) is 9.69 Å². The lowest BCUT2D eigenvalue weighted by molar-refractivity contribution is -0.117. The summed E-state index contributed by atoms with van der Waals surface area (Å²) in [6.07, 6.45) is 0. The average molecular weight is 272 g/mol. The number of benzene rings is 1. The van der Waals surface area contributed by atoms with Crippen LogP contribution in [-0.4, -0.2) is 26.2 Å². The molecule has 0 aliphatic carbocycles. The Balaban J connectivity index is 1.97. The van der Waals surface area contributed by atoms with Crippen LogP contribution in [-0.2, 0) is 17.9 Å². The third-order valence-corrected chi connectivity index (χ3v) is 3.07. The van der Waals surface area contributed by atoms with Gasteiger partial charge in [0.2, 0.25) is 0 Å². The Morgan fingerprint density at radius 1 is 1.25 bits per heavy atom. The fourth-order valence-electron chi connectivity index (χ4n) is 2.20. The van der Waals surface area contributed by atoms with Crippen molar-refractivity contribution in [3.05, 3.63) is 46.6 Å². The molecule has 7 nitrogen and oxygen atoms in total. The van der Waals surface area contributed by atoms with Crippen molar-refractivity contribution in [2.45, 2.75) is 20.0 Å². The van der Waals surface area contributed by atoms with Crippen LogP contribution in [0.4, 0.5) is 10.5 Å². The fourth-order valence-corrected chi connectivity index (χ4v) is 2.20. The predicted molar refractivity (Wildman–Crippen MR) is 70.6 cm³/mol. The van der Waals surface area contributed by atoms with Gasteiger partial charge in [0.25, 0.3) is 0 Å². The summed E-state index contributed by atoms with van der Waals surface area (Å²) in [5, 5.41) is 4.04. The maximum atomic E-state index is 12.3. The minimum atomic E-state index is -0.571. The molecule has 2 heterocycles. The molecule has 1 aromatic heterocycles. The van der Waals surface area contributed by atoms with Gasteiger partial charge in [0.15, 0.2) is 11.6 Å². The zero-order valence-electron chi connectivity index (χ0n) is 10.8. The first-order valence-electron chi connectivity index (χ1n) is 6.13. The van der Waals surface area contributed by atoms with E-state index in [4.69, 9.17) is 0 Å². The van der Waals surface area contributed by atoms with Gasteiger partial charge < -0.3 is 0 Å². The minimum Gasteiger partial charge on any atom is -0.298 e. The van der Waals surface area contributed by atoms with Crippen molar-refractivity contribution in [2.75, 3.05) is 4.90 Å². The first-order valence-corrected chi connectivity index (χ1v) is 6.13. The Labute approximate surface area is 114 Å². The number of aromatic nitrogens is 3. The van der Waals surface area contributed by atoms with E-state index in [9.17, 15) is 14.4 Å². The molecule has 1 aliphatic rings. The van der Waals surface area contributed by atoms with Crippen molar-refractivity contribution >= 4 is 17.5 Å². The third kappa shape index (κ3) is 1.83. The van der Waals surface area contributed by atoms with Crippen LogP contribution in [0.1, 0.15) is 12.7 Å². The van der Waals surface area contributed by atoms with Gasteiger partial charge in [-0.1, -0.05) is 18.2 Å². The van der Waals surface area contributed by atoms with Crippen LogP contribution in [0.2, 0.25) is 0 Å². The Bertz CT molecular complexity index is 745. The molecular weight excluding hydrogens is 260 g/mol. The molecule has 20 heavy (non-hydrogen) atoms. The summed E-state index contributed by atoms with van der Waals surface area (Å²) >= 11 is 0. The summed E-state index contributed by atoms with van der Waals surface area (Å²) in [6, 6.07) is 8.63. The van der Waals surface area contributed by atoms with E-state index in [1.165, 1.54) is 11.8 Å². The van der Waals surface area contributed by atoms with Crippen molar-refractivity contribution in [1.82, 2.24) is 14.3 Å². The number of hydrogen-bond acceptors (Lipinski definition) is 4. The van der Waals surface area contributed by atoms with E-state index in [1.54, 1.807) is 12.1 Å². The molecule has 0 spiro atoms. The van der Waals surface area contributed by atoms with Crippen LogP contribution < -0.4 is 10.6 Å². The molecule has 1 aliphatic heterocycles. The van der Waals surface area contributed by atoms with Gasteiger partial charge in [-0.15, -0.1) is 0 Å². The van der Waals surface area contributed by atoms with E-state index < -0.39 is 11.7 Å². The molecule has 0 N–H and O–H groups in total. The zero-order chi connectivity index (χ0) is 14.3. The Hall–Kier alpha value is -2.70. The van der Waals surface area contributed by atoms with Crippen LogP contribution in [0.5, 0.6) is 0 Å². The largest absolute Gasteiger partial charge is 0.354 e. The number of anilines is 1. The second-order valence-electron chi connectivity index (χ2n) is 4.60. The summed E-state index contributed by atoms with van der Waals surface area (Å²) in [5.41, 5.74) is 0.138. The summed E-state index contributed by atoms with van der Waals surface area (Å²) < 4.78 is 2.04. The molecule has 1 amide bonds. The predicted octanol–water partition coefficient (Wildman–Crippen LogP) is 0.622. The molecule has 0 bridgehead atoms. The highest BCUT2D eigenvalue weighted by atomic mass is 16.2. The lowest BCUT2D eigenvalue weighted by Crippen LogP contribution is -2.35. The lowest BCUT2D eigenvalue weighted by atomic mass is 10.3. The quantitative estimate of drug-likeness (QED) is 0.820. The van der Waals surface area contributed by atoms with E-state index in [2.05, 4.69) is 5.10 Å². The number of ketones is 1. The highest BCUT2D eigenvalue weighted by Crippen LogP contribution is 2.21. The maximum absolute atomic E-state index is 12.3. The monoisotopic (exact) mass is 272 g/mol. The van der Waals surface area contributed by atoms with Crippen molar-refractivity contribution in [1.29, 1.82) is 0 Å². The van der Waals surface area contributed by atoms with E-state index in [-0.39, 0.29) is 18.9 Å². The van der Waals surface area contributed by atoms with Crippen LogP contribution in [0.3, 0.4) is 0 Å². The second kappa shape index (κ2) is 4.44.